The van der Waals surface area contributed by atoms with Crippen molar-refractivity contribution >= 4 is 28.7 Å². The van der Waals surface area contributed by atoms with E-state index in [1.165, 1.54) is 6.08 Å². The van der Waals surface area contributed by atoms with E-state index in [2.05, 4.69) is 10.3 Å². The van der Waals surface area contributed by atoms with E-state index in [1.54, 1.807) is 36.4 Å². The highest BCUT2D eigenvalue weighted by Gasteiger charge is 2.21. The molecule has 6 nitrogen and oxygen atoms in total. The Hall–Kier alpha value is -3.99. The normalized spacial score (nSPS) is 13.6. The maximum atomic E-state index is 14.2. The summed E-state index contributed by atoms with van der Waals surface area (Å²) in [5.41, 5.74) is 1.99. The second-order valence-electron chi connectivity index (χ2n) is 7.43. The number of nitriles is 1. The number of anilines is 1. The highest BCUT2D eigenvalue weighted by Crippen LogP contribution is 2.27. The minimum Gasteiger partial charge on any atom is -0.497 e. The van der Waals surface area contributed by atoms with E-state index in [4.69, 9.17) is 10.00 Å². The number of hydrogen-bond donors (Lipinski definition) is 1. The number of piperidine rings is 1. The Morgan fingerprint density at radius 1 is 1.19 bits per heavy atom. The molecule has 3 aromatic rings. The molecule has 0 unspecified atom stereocenters. The van der Waals surface area contributed by atoms with Crippen LogP contribution >= 0.6 is 0 Å². The zero-order chi connectivity index (χ0) is 22.7. The van der Waals surface area contributed by atoms with Crippen LogP contribution in [0.2, 0.25) is 0 Å². The molecule has 0 radical (unpaired) electrons. The maximum absolute atomic E-state index is 14.2. The molecule has 162 valence electrons. The van der Waals surface area contributed by atoms with Gasteiger partial charge in [0, 0.05) is 30.2 Å². The van der Waals surface area contributed by atoms with Gasteiger partial charge in [0.05, 0.1) is 29.9 Å². The fourth-order valence-corrected chi connectivity index (χ4v) is 3.69. The molecular weight excluding hydrogens is 414 g/mol. The van der Waals surface area contributed by atoms with E-state index >= 15 is 0 Å². The zero-order valence-electron chi connectivity index (χ0n) is 17.4. The average molecular weight is 434 g/mol. The number of carbonyl (C=O) groups is 1. The third-order valence-corrected chi connectivity index (χ3v) is 5.44. The van der Waals surface area contributed by atoms with Crippen molar-refractivity contribution in [1.29, 1.82) is 5.26 Å². The Kier molecular flexibility index (Phi) is 5.99. The lowest BCUT2D eigenvalue weighted by molar-refractivity contribution is 0.208. The van der Waals surface area contributed by atoms with E-state index in [9.17, 15) is 13.6 Å². The Morgan fingerprint density at radius 2 is 1.91 bits per heavy atom. The summed E-state index contributed by atoms with van der Waals surface area (Å²) in [6.45, 7) is 0.840. The van der Waals surface area contributed by atoms with Crippen LogP contribution in [-0.2, 0) is 0 Å². The van der Waals surface area contributed by atoms with Gasteiger partial charge in [-0.15, -0.1) is 0 Å². The molecule has 4 rings (SSSR count). The van der Waals surface area contributed by atoms with Gasteiger partial charge >= 0.3 is 6.03 Å². The molecule has 2 aromatic carbocycles. The number of nitrogens with zero attached hydrogens (tertiary/aromatic N) is 3. The van der Waals surface area contributed by atoms with Crippen molar-refractivity contribution < 1.29 is 18.3 Å². The van der Waals surface area contributed by atoms with Crippen LogP contribution in [0.3, 0.4) is 0 Å². The number of amides is 2. The molecule has 0 atom stereocenters. The monoisotopic (exact) mass is 434 g/mol. The largest absolute Gasteiger partial charge is 0.497 e. The van der Waals surface area contributed by atoms with Crippen molar-refractivity contribution in [3.8, 4) is 11.8 Å². The van der Waals surface area contributed by atoms with Gasteiger partial charge in [-0.05, 0) is 55.3 Å². The Morgan fingerprint density at radius 3 is 2.56 bits per heavy atom. The molecule has 0 bridgehead atoms. The molecule has 0 spiro atoms. The van der Waals surface area contributed by atoms with Gasteiger partial charge in [0.1, 0.15) is 17.4 Å². The van der Waals surface area contributed by atoms with E-state index < -0.39 is 11.6 Å². The van der Waals surface area contributed by atoms with Gasteiger partial charge in [0.2, 0.25) is 0 Å². The maximum Gasteiger partial charge on any atom is 0.321 e. The molecular formula is C24H20F2N4O2. The van der Waals surface area contributed by atoms with Crippen LogP contribution in [0.25, 0.3) is 17.0 Å². The number of carbonyl (C=O) groups excluding carboxylic acids is 1. The molecule has 1 N–H and O–H groups in total. The van der Waals surface area contributed by atoms with E-state index in [-0.39, 0.29) is 17.2 Å². The number of methoxy groups -OCH3 is 1. The second kappa shape index (κ2) is 9.02. The fraction of sp³-hybridized carbons (Fsp3) is 0.208. The van der Waals surface area contributed by atoms with Crippen molar-refractivity contribution in [1.82, 2.24) is 9.88 Å². The summed E-state index contributed by atoms with van der Waals surface area (Å²) in [6.07, 6.45) is 4.10. The van der Waals surface area contributed by atoms with E-state index in [0.29, 0.717) is 37.4 Å². The van der Waals surface area contributed by atoms with Crippen LogP contribution in [-0.4, -0.2) is 36.1 Å². The zero-order valence-corrected chi connectivity index (χ0v) is 17.4. The van der Waals surface area contributed by atoms with Crippen molar-refractivity contribution in [2.24, 2.45) is 0 Å². The third kappa shape index (κ3) is 4.37. The molecule has 1 fully saturated rings. The fourth-order valence-electron chi connectivity index (χ4n) is 3.69. The molecule has 8 heteroatoms. The predicted octanol–water partition coefficient (Wildman–Crippen LogP) is 5.10. The molecule has 2 amide bonds. The molecule has 1 aromatic heterocycles. The first-order chi connectivity index (χ1) is 15.5. The van der Waals surface area contributed by atoms with Crippen LogP contribution in [0.5, 0.6) is 5.75 Å². The highest BCUT2D eigenvalue weighted by atomic mass is 19.1. The molecule has 1 saturated heterocycles. The van der Waals surface area contributed by atoms with E-state index in [0.717, 1.165) is 28.6 Å². The van der Waals surface area contributed by atoms with Gasteiger partial charge in [0.25, 0.3) is 0 Å². The summed E-state index contributed by atoms with van der Waals surface area (Å²) < 4.78 is 33.6. The van der Waals surface area contributed by atoms with Crippen molar-refractivity contribution in [2.75, 3.05) is 25.5 Å². The Bertz CT molecular complexity index is 1230. The quantitative estimate of drug-likeness (QED) is 0.622. The summed E-state index contributed by atoms with van der Waals surface area (Å²) in [7, 11) is 1.57. The van der Waals surface area contributed by atoms with Crippen LogP contribution in [0.15, 0.2) is 48.2 Å². The summed E-state index contributed by atoms with van der Waals surface area (Å²) in [5, 5.41) is 12.5. The number of hydrogen-bond acceptors (Lipinski definition) is 4. The minimum absolute atomic E-state index is 0.0603. The minimum atomic E-state index is -0.769. The lowest BCUT2D eigenvalue weighted by Gasteiger charge is -2.29. The average Bonchev–Trinajstić information content (AvgIpc) is 2.81. The van der Waals surface area contributed by atoms with E-state index in [1.807, 2.05) is 12.1 Å². The van der Waals surface area contributed by atoms with Crippen LogP contribution < -0.4 is 10.1 Å². The third-order valence-electron chi connectivity index (χ3n) is 5.44. The predicted molar refractivity (Wildman–Crippen MR) is 117 cm³/mol. The van der Waals surface area contributed by atoms with Crippen molar-refractivity contribution in [3.63, 3.8) is 0 Å². The van der Waals surface area contributed by atoms with Crippen LogP contribution in [0.1, 0.15) is 24.0 Å². The number of halogens is 2. The smallest absolute Gasteiger partial charge is 0.321 e. The molecule has 0 saturated carbocycles. The number of aromatic nitrogens is 1. The highest BCUT2D eigenvalue weighted by molar-refractivity contribution is 6.00. The number of likely N-dealkylation sites (tertiary alicyclic amines) is 1. The molecule has 1 aliphatic rings. The van der Waals surface area contributed by atoms with Gasteiger partial charge in [-0.3, -0.25) is 4.98 Å². The first kappa shape index (κ1) is 21.2. The number of ether oxygens (including phenoxy) is 1. The molecule has 32 heavy (non-hydrogen) atoms. The Balaban J connectivity index is 1.45. The van der Waals surface area contributed by atoms with Crippen LogP contribution in [0.4, 0.5) is 19.3 Å². The van der Waals surface area contributed by atoms with Crippen molar-refractivity contribution in [3.05, 3.63) is 70.9 Å². The number of urea groups is 1. The summed E-state index contributed by atoms with van der Waals surface area (Å²) in [6, 6.07) is 10.7. The number of nitrogens with one attached hydrogen (secondary N) is 1. The number of benzene rings is 2. The number of fused-ring (bicyclic) bond motifs is 1. The van der Waals surface area contributed by atoms with Gasteiger partial charge in [0.15, 0.2) is 0 Å². The first-order valence-electron chi connectivity index (χ1n) is 10.1. The molecule has 1 aliphatic heterocycles. The molecule has 2 heterocycles. The van der Waals surface area contributed by atoms with Gasteiger partial charge in [-0.2, -0.15) is 5.26 Å². The number of pyridine rings is 1. The standard InChI is InChI=1S/C24H20F2N4O2/c1-32-17-2-3-22-19(13-17)23(4-7-28-22)29-24(31)30-8-5-15(6-9-30)10-18-20(25)11-16(14-27)12-21(18)26/h2-4,7,10-13H,5-6,8-9H2,1H3,(H,28,29,31). The summed E-state index contributed by atoms with van der Waals surface area (Å²) >= 11 is 0. The van der Waals surface area contributed by atoms with Gasteiger partial charge < -0.3 is 15.0 Å². The van der Waals surface area contributed by atoms with Crippen molar-refractivity contribution in [2.45, 2.75) is 12.8 Å². The SMILES string of the molecule is COc1ccc2nccc(NC(=O)N3CCC(=Cc4c(F)cc(C#N)cc4F)CC3)c2c1. The topological polar surface area (TPSA) is 78.2 Å². The van der Waals surface area contributed by atoms with Gasteiger partial charge in [-0.25, -0.2) is 13.6 Å². The lowest BCUT2D eigenvalue weighted by Crippen LogP contribution is -2.39. The summed E-state index contributed by atoms with van der Waals surface area (Å²) in [5.74, 6) is -0.876. The first-order valence-corrected chi connectivity index (χ1v) is 10.1. The van der Waals surface area contributed by atoms with Gasteiger partial charge in [-0.1, -0.05) is 5.57 Å². The lowest BCUT2D eigenvalue weighted by atomic mass is 10.00. The second-order valence-corrected chi connectivity index (χ2v) is 7.43. The molecule has 0 aliphatic carbocycles. The number of rotatable bonds is 3. The summed E-state index contributed by atoms with van der Waals surface area (Å²) in [4.78, 5) is 18.8. The van der Waals surface area contributed by atoms with Crippen LogP contribution in [0, 0.1) is 23.0 Å². The Labute approximate surface area is 183 Å².